The Bertz CT molecular complexity index is 646. The third-order valence-corrected chi connectivity index (χ3v) is 4.47. The van der Waals surface area contributed by atoms with Crippen LogP contribution in [0, 0.1) is 0 Å². The molecule has 0 saturated carbocycles. The van der Waals surface area contributed by atoms with Gasteiger partial charge < -0.3 is 14.4 Å². The maximum Gasteiger partial charge on any atom is 0.227 e. The number of anilines is 1. The van der Waals surface area contributed by atoms with Crippen LogP contribution in [0.1, 0.15) is 6.42 Å². The average molecular weight is 331 g/mol. The Labute approximate surface area is 141 Å². The average Bonchev–Trinajstić information content (AvgIpc) is 2.61. The second-order valence-corrected chi connectivity index (χ2v) is 6.07. The fourth-order valence-electron chi connectivity index (χ4n) is 2.12. The van der Waals surface area contributed by atoms with Crippen molar-refractivity contribution in [2.75, 3.05) is 31.9 Å². The van der Waals surface area contributed by atoms with Gasteiger partial charge in [-0.1, -0.05) is 18.2 Å². The number of methoxy groups -OCH3 is 2. The van der Waals surface area contributed by atoms with Gasteiger partial charge in [-0.25, -0.2) is 0 Å². The zero-order chi connectivity index (χ0) is 16.7. The Morgan fingerprint density at radius 1 is 1.04 bits per heavy atom. The first-order valence-electron chi connectivity index (χ1n) is 7.32. The highest BCUT2D eigenvalue weighted by atomic mass is 32.2. The Hall–Kier alpha value is -2.14. The number of thioether (sulfide) groups is 1. The van der Waals surface area contributed by atoms with Crippen LogP contribution in [0.2, 0.25) is 0 Å². The number of benzene rings is 2. The molecule has 1 amide bonds. The molecule has 0 fully saturated rings. The van der Waals surface area contributed by atoms with E-state index >= 15 is 0 Å². The molecule has 2 aromatic rings. The third kappa shape index (κ3) is 4.66. The number of ether oxygens (including phenoxy) is 2. The van der Waals surface area contributed by atoms with E-state index in [9.17, 15) is 4.79 Å². The van der Waals surface area contributed by atoms with Gasteiger partial charge in [-0.3, -0.25) is 4.79 Å². The lowest BCUT2D eigenvalue weighted by molar-refractivity contribution is -0.117. The monoisotopic (exact) mass is 331 g/mol. The molecule has 0 bridgehead atoms. The minimum atomic E-state index is 0.0700. The molecule has 122 valence electrons. The molecule has 5 heteroatoms. The minimum Gasteiger partial charge on any atom is -0.493 e. The Morgan fingerprint density at radius 2 is 1.74 bits per heavy atom. The van der Waals surface area contributed by atoms with Crippen LogP contribution in [0.5, 0.6) is 11.5 Å². The summed E-state index contributed by atoms with van der Waals surface area (Å²) in [6, 6.07) is 15.5. The molecule has 0 aliphatic heterocycles. The Kier molecular flexibility index (Phi) is 6.35. The van der Waals surface area contributed by atoms with Crippen molar-refractivity contribution in [2.45, 2.75) is 11.3 Å². The second-order valence-electron chi connectivity index (χ2n) is 4.90. The van der Waals surface area contributed by atoms with E-state index in [4.69, 9.17) is 9.47 Å². The summed E-state index contributed by atoms with van der Waals surface area (Å²) < 4.78 is 10.5. The SMILES string of the molecule is COc1ccc(N(C)C(=O)CCSc2ccccc2)cc1OC. The van der Waals surface area contributed by atoms with Crippen molar-refractivity contribution in [3.05, 3.63) is 48.5 Å². The number of nitrogens with zero attached hydrogens (tertiary/aromatic N) is 1. The van der Waals surface area contributed by atoms with E-state index < -0.39 is 0 Å². The molecule has 2 rings (SSSR count). The summed E-state index contributed by atoms with van der Waals surface area (Å²) in [5, 5.41) is 0. The first-order chi connectivity index (χ1) is 11.2. The molecule has 0 saturated heterocycles. The van der Waals surface area contributed by atoms with E-state index in [0.29, 0.717) is 17.9 Å². The molecule has 23 heavy (non-hydrogen) atoms. The zero-order valence-corrected chi connectivity index (χ0v) is 14.4. The van der Waals surface area contributed by atoms with E-state index in [2.05, 4.69) is 0 Å². The van der Waals surface area contributed by atoms with Gasteiger partial charge in [0.15, 0.2) is 11.5 Å². The van der Waals surface area contributed by atoms with Crippen molar-refractivity contribution in [1.29, 1.82) is 0 Å². The summed E-state index contributed by atoms with van der Waals surface area (Å²) in [5.41, 5.74) is 0.789. The lowest BCUT2D eigenvalue weighted by Crippen LogP contribution is -2.26. The second kappa shape index (κ2) is 8.48. The van der Waals surface area contributed by atoms with Gasteiger partial charge in [-0.05, 0) is 24.3 Å². The standard InChI is InChI=1S/C18H21NO3S/c1-19(14-9-10-16(21-2)17(13-14)22-3)18(20)11-12-23-15-7-5-4-6-8-15/h4-10,13H,11-12H2,1-3H3. The van der Waals surface area contributed by atoms with Crippen LogP contribution in [0.4, 0.5) is 5.69 Å². The smallest absolute Gasteiger partial charge is 0.227 e. The Balaban J connectivity index is 1.94. The number of rotatable bonds is 7. The normalized spacial score (nSPS) is 10.2. The van der Waals surface area contributed by atoms with Crippen LogP contribution >= 0.6 is 11.8 Å². The van der Waals surface area contributed by atoms with Crippen LogP contribution < -0.4 is 14.4 Å². The molecule has 4 nitrogen and oxygen atoms in total. The van der Waals surface area contributed by atoms with Crippen LogP contribution in [0.15, 0.2) is 53.4 Å². The van der Waals surface area contributed by atoms with Gasteiger partial charge in [0.1, 0.15) is 0 Å². The highest BCUT2D eigenvalue weighted by Gasteiger charge is 2.13. The number of carbonyl (C=O) groups excluding carboxylic acids is 1. The molecule has 0 aromatic heterocycles. The number of hydrogen-bond donors (Lipinski definition) is 0. The van der Waals surface area contributed by atoms with Crippen molar-refractivity contribution >= 4 is 23.4 Å². The summed E-state index contributed by atoms with van der Waals surface area (Å²) in [5.74, 6) is 2.08. The quantitative estimate of drug-likeness (QED) is 0.723. The van der Waals surface area contributed by atoms with Crippen LogP contribution in [-0.2, 0) is 4.79 Å². The van der Waals surface area contributed by atoms with Crippen molar-refractivity contribution in [3.8, 4) is 11.5 Å². The fraction of sp³-hybridized carbons (Fsp3) is 0.278. The predicted molar refractivity (Wildman–Crippen MR) is 94.7 cm³/mol. The van der Waals surface area contributed by atoms with Gasteiger partial charge in [0, 0.05) is 35.9 Å². The molecule has 0 atom stereocenters. The largest absolute Gasteiger partial charge is 0.493 e. The molecule has 0 N–H and O–H groups in total. The highest BCUT2D eigenvalue weighted by Crippen LogP contribution is 2.31. The number of hydrogen-bond acceptors (Lipinski definition) is 4. The van der Waals surface area contributed by atoms with E-state index in [1.54, 1.807) is 50.1 Å². The van der Waals surface area contributed by atoms with E-state index in [0.717, 1.165) is 11.4 Å². The molecule has 0 spiro atoms. The molecule has 0 heterocycles. The summed E-state index contributed by atoms with van der Waals surface area (Å²) in [7, 11) is 4.95. The Morgan fingerprint density at radius 3 is 2.39 bits per heavy atom. The topological polar surface area (TPSA) is 38.8 Å². The van der Waals surface area contributed by atoms with Gasteiger partial charge in [-0.15, -0.1) is 11.8 Å². The third-order valence-electron chi connectivity index (χ3n) is 3.46. The van der Waals surface area contributed by atoms with Crippen molar-refractivity contribution in [2.24, 2.45) is 0 Å². The summed E-state index contributed by atoms with van der Waals surface area (Å²) in [6.45, 7) is 0. The van der Waals surface area contributed by atoms with Crippen LogP contribution in [0.25, 0.3) is 0 Å². The van der Waals surface area contributed by atoms with Crippen LogP contribution in [0.3, 0.4) is 0 Å². The van der Waals surface area contributed by atoms with E-state index in [1.807, 2.05) is 36.4 Å². The maximum absolute atomic E-state index is 12.3. The number of carbonyl (C=O) groups is 1. The van der Waals surface area contributed by atoms with Gasteiger partial charge in [0.05, 0.1) is 14.2 Å². The van der Waals surface area contributed by atoms with Crippen molar-refractivity contribution in [3.63, 3.8) is 0 Å². The predicted octanol–water partition coefficient (Wildman–Crippen LogP) is 3.85. The highest BCUT2D eigenvalue weighted by molar-refractivity contribution is 7.99. The maximum atomic E-state index is 12.3. The first-order valence-corrected chi connectivity index (χ1v) is 8.30. The molecule has 0 radical (unpaired) electrons. The first kappa shape index (κ1) is 17.2. The molecule has 2 aromatic carbocycles. The fourth-order valence-corrected chi connectivity index (χ4v) is 2.98. The summed E-state index contributed by atoms with van der Waals surface area (Å²) in [4.78, 5) is 15.1. The van der Waals surface area contributed by atoms with Crippen molar-refractivity contribution < 1.29 is 14.3 Å². The molecular weight excluding hydrogens is 310 g/mol. The molecular formula is C18H21NO3S. The van der Waals surface area contributed by atoms with E-state index in [1.165, 1.54) is 4.90 Å². The van der Waals surface area contributed by atoms with E-state index in [-0.39, 0.29) is 5.91 Å². The summed E-state index contributed by atoms with van der Waals surface area (Å²) >= 11 is 1.68. The van der Waals surface area contributed by atoms with Crippen LogP contribution in [-0.4, -0.2) is 32.9 Å². The van der Waals surface area contributed by atoms with Gasteiger partial charge in [0.2, 0.25) is 5.91 Å². The van der Waals surface area contributed by atoms with Gasteiger partial charge >= 0.3 is 0 Å². The molecule has 0 aliphatic carbocycles. The minimum absolute atomic E-state index is 0.0700. The summed E-state index contributed by atoms with van der Waals surface area (Å²) in [6.07, 6.45) is 0.477. The molecule has 0 aliphatic rings. The van der Waals surface area contributed by atoms with Crippen molar-refractivity contribution in [1.82, 2.24) is 0 Å². The lowest BCUT2D eigenvalue weighted by Gasteiger charge is -2.19. The molecule has 0 unspecified atom stereocenters. The number of amides is 1. The zero-order valence-electron chi connectivity index (χ0n) is 13.6. The lowest BCUT2D eigenvalue weighted by atomic mass is 10.2. The van der Waals surface area contributed by atoms with Gasteiger partial charge in [-0.2, -0.15) is 0 Å². The van der Waals surface area contributed by atoms with Gasteiger partial charge in [0.25, 0.3) is 0 Å².